The molecule has 39 heavy (non-hydrogen) atoms. The molecular weight excluding hydrogens is 500 g/mol. The van der Waals surface area contributed by atoms with E-state index < -0.39 is 5.82 Å². The largest absolute Gasteiger partial charge is 0.337 e. The molecule has 10 heteroatoms. The molecule has 8 nitrogen and oxygen atoms in total. The predicted molar refractivity (Wildman–Crippen MR) is 144 cm³/mol. The average Bonchev–Trinajstić information content (AvgIpc) is 3.52. The number of benzene rings is 2. The number of carbonyl (C=O) groups is 1. The van der Waals surface area contributed by atoms with Crippen LogP contribution >= 0.6 is 0 Å². The summed E-state index contributed by atoms with van der Waals surface area (Å²) in [6.07, 6.45) is 7.34. The number of halogens is 2. The minimum absolute atomic E-state index is 0.0126. The highest BCUT2D eigenvalue weighted by Crippen LogP contribution is 2.35. The van der Waals surface area contributed by atoms with Gasteiger partial charge < -0.3 is 10.3 Å². The van der Waals surface area contributed by atoms with Crippen molar-refractivity contribution in [2.45, 2.75) is 19.3 Å². The number of hydrogen-bond acceptors (Lipinski definition) is 5. The van der Waals surface area contributed by atoms with Crippen molar-refractivity contribution < 1.29 is 13.6 Å². The molecule has 1 fully saturated rings. The standard InChI is InChI=1S/C29H21F2N7O/c30-18-7-2-6-16(10-18)20-8-3-9-21-26(20)36-28(35-21)27-23-22(37-38-27)14-33-25(24(23)31)17-11-19(13-32-12-17)34-29(39)15-4-1-5-15/h2-3,6-15H,1,4-5H2,(H,34,39)(H,35,36)(H,37,38). The number of anilines is 1. The van der Waals surface area contributed by atoms with Gasteiger partial charge in [-0.1, -0.05) is 30.7 Å². The summed E-state index contributed by atoms with van der Waals surface area (Å²) in [5.74, 6) is -0.619. The fourth-order valence-electron chi connectivity index (χ4n) is 4.93. The molecule has 0 unspecified atom stereocenters. The number of rotatable bonds is 5. The van der Waals surface area contributed by atoms with E-state index in [9.17, 15) is 9.18 Å². The average molecular weight is 522 g/mol. The Morgan fingerprint density at radius 2 is 1.82 bits per heavy atom. The quantitative estimate of drug-likeness (QED) is 0.248. The molecule has 0 atom stereocenters. The second-order valence-corrected chi connectivity index (χ2v) is 9.66. The molecule has 6 aromatic rings. The minimum atomic E-state index is -0.591. The van der Waals surface area contributed by atoms with Crippen molar-refractivity contribution in [3.63, 3.8) is 0 Å². The van der Waals surface area contributed by atoms with Crippen LogP contribution < -0.4 is 5.32 Å². The van der Waals surface area contributed by atoms with E-state index in [0.29, 0.717) is 39.2 Å². The molecule has 192 valence electrons. The second-order valence-electron chi connectivity index (χ2n) is 9.66. The smallest absolute Gasteiger partial charge is 0.227 e. The fourth-order valence-corrected chi connectivity index (χ4v) is 4.93. The van der Waals surface area contributed by atoms with Gasteiger partial charge in [0.15, 0.2) is 11.6 Å². The Labute approximate surface area is 220 Å². The van der Waals surface area contributed by atoms with Crippen molar-refractivity contribution >= 4 is 33.5 Å². The number of fused-ring (bicyclic) bond motifs is 2. The first-order valence-corrected chi connectivity index (χ1v) is 12.6. The van der Waals surface area contributed by atoms with Gasteiger partial charge in [-0.2, -0.15) is 5.10 Å². The van der Waals surface area contributed by atoms with Crippen LogP contribution in [0.3, 0.4) is 0 Å². The third-order valence-electron chi connectivity index (χ3n) is 7.17. The van der Waals surface area contributed by atoms with E-state index in [2.05, 4.69) is 30.5 Å². The zero-order valence-corrected chi connectivity index (χ0v) is 20.5. The fraction of sp³-hybridized carbons (Fsp3) is 0.138. The van der Waals surface area contributed by atoms with Crippen LogP contribution in [-0.2, 0) is 4.79 Å². The highest BCUT2D eigenvalue weighted by atomic mass is 19.1. The van der Waals surface area contributed by atoms with Crippen LogP contribution in [0.5, 0.6) is 0 Å². The summed E-state index contributed by atoms with van der Waals surface area (Å²) in [4.78, 5) is 28.8. The Balaban J connectivity index is 1.30. The SMILES string of the molecule is O=C(Nc1cncc(-c2ncc3[nH]nc(-c4nc5c(-c6cccc(F)c6)cccc5[nH]4)c3c2F)c1)C1CCC1. The first-order valence-electron chi connectivity index (χ1n) is 12.6. The van der Waals surface area contributed by atoms with E-state index >= 15 is 4.39 Å². The summed E-state index contributed by atoms with van der Waals surface area (Å²) < 4.78 is 29.9. The lowest BCUT2D eigenvalue weighted by Gasteiger charge is -2.24. The van der Waals surface area contributed by atoms with Crippen LogP contribution in [0.15, 0.2) is 67.1 Å². The van der Waals surface area contributed by atoms with Crippen LogP contribution in [0.25, 0.3) is 55.8 Å². The van der Waals surface area contributed by atoms with Gasteiger partial charge in [0.2, 0.25) is 5.91 Å². The Hall–Kier alpha value is -4.99. The van der Waals surface area contributed by atoms with Crippen molar-refractivity contribution in [3.8, 4) is 33.9 Å². The molecule has 2 aromatic carbocycles. The summed E-state index contributed by atoms with van der Waals surface area (Å²) in [6, 6.07) is 13.5. The number of carbonyl (C=O) groups excluding carboxylic acids is 1. The molecule has 7 rings (SSSR count). The Bertz CT molecular complexity index is 1890. The lowest BCUT2D eigenvalue weighted by molar-refractivity contribution is -0.122. The van der Waals surface area contributed by atoms with Gasteiger partial charge in [-0.05, 0) is 42.7 Å². The van der Waals surface area contributed by atoms with Crippen LogP contribution in [-0.4, -0.2) is 36.0 Å². The van der Waals surface area contributed by atoms with Gasteiger partial charge in [-0.3, -0.25) is 19.9 Å². The monoisotopic (exact) mass is 521 g/mol. The van der Waals surface area contributed by atoms with Gasteiger partial charge in [0.1, 0.15) is 17.2 Å². The van der Waals surface area contributed by atoms with Crippen molar-refractivity contribution in [3.05, 3.63) is 78.8 Å². The Morgan fingerprint density at radius 3 is 2.64 bits per heavy atom. The molecule has 0 radical (unpaired) electrons. The van der Waals surface area contributed by atoms with Crippen LogP contribution in [0.4, 0.5) is 14.5 Å². The number of nitrogens with one attached hydrogen (secondary N) is 3. The third kappa shape index (κ3) is 4.01. The van der Waals surface area contributed by atoms with E-state index in [-0.39, 0.29) is 34.4 Å². The van der Waals surface area contributed by atoms with Crippen molar-refractivity contribution in [1.82, 2.24) is 30.1 Å². The summed E-state index contributed by atoms with van der Waals surface area (Å²) >= 11 is 0. The summed E-state index contributed by atoms with van der Waals surface area (Å²) in [5, 5.41) is 10.3. The van der Waals surface area contributed by atoms with E-state index in [1.54, 1.807) is 12.1 Å². The van der Waals surface area contributed by atoms with Gasteiger partial charge in [0, 0.05) is 23.2 Å². The number of aromatic amines is 2. The number of H-pyrrole nitrogens is 2. The number of aromatic nitrogens is 6. The lowest BCUT2D eigenvalue weighted by Crippen LogP contribution is -2.28. The first kappa shape index (κ1) is 23.2. The molecule has 0 saturated heterocycles. The van der Waals surface area contributed by atoms with E-state index in [1.807, 2.05) is 24.3 Å². The molecular formula is C29H21F2N7O. The lowest BCUT2D eigenvalue weighted by atomic mass is 9.85. The van der Waals surface area contributed by atoms with Crippen LogP contribution in [0, 0.1) is 17.6 Å². The zero-order chi connectivity index (χ0) is 26.5. The van der Waals surface area contributed by atoms with Crippen molar-refractivity contribution in [1.29, 1.82) is 0 Å². The molecule has 4 aromatic heterocycles. The van der Waals surface area contributed by atoms with Gasteiger partial charge >= 0.3 is 0 Å². The number of imidazole rings is 1. The van der Waals surface area contributed by atoms with Gasteiger partial charge in [-0.25, -0.2) is 13.8 Å². The maximum atomic E-state index is 16.0. The van der Waals surface area contributed by atoms with E-state index in [1.165, 1.54) is 30.7 Å². The maximum Gasteiger partial charge on any atom is 0.227 e. The van der Waals surface area contributed by atoms with Crippen LogP contribution in [0.2, 0.25) is 0 Å². The molecule has 1 aliphatic rings. The maximum absolute atomic E-state index is 16.0. The molecule has 1 saturated carbocycles. The molecule has 0 aliphatic heterocycles. The normalized spacial score (nSPS) is 13.6. The highest BCUT2D eigenvalue weighted by molar-refractivity contribution is 5.98. The van der Waals surface area contributed by atoms with E-state index in [0.717, 1.165) is 24.8 Å². The Morgan fingerprint density at radius 1 is 0.949 bits per heavy atom. The topological polar surface area (TPSA) is 112 Å². The molecule has 0 spiro atoms. The van der Waals surface area contributed by atoms with Gasteiger partial charge in [0.25, 0.3) is 0 Å². The predicted octanol–water partition coefficient (Wildman–Crippen LogP) is 6.25. The van der Waals surface area contributed by atoms with E-state index in [4.69, 9.17) is 4.98 Å². The van der Waals surface area contributed by atoms with Crippen molar-refractivity contribution in [2.24, 2.45) is 5.92 Å². The third-order valence-corrected chi connectivity index (χ3v) is 7.17. The number of hydrogen-bond donors (Lipinski definition) is 3. The molecule has 1 amide bonds. The van der Waals surface area contributed by atoms with Crippen LogP contribution in [0.1, 0.15) is 19.3 Å². The minimum Gasteiger partial charge on any atom is -0.337 e. The molecule has 0 bridgehead atoms. The first-order chi connectivity index (χ1) is 19.0. The summed E-state index contributed by atoms with van der Waals surface area (Å²) in [6.45, 7) is 0. The summed E-state index contributed by atoms with van der Waals surface area (Å²) in [5.41, 5.74) is 4.42. The number of nitrogens with zero attached hydrogens (tertiary/aromatic N) is 4. The molecule has 3 N–H and O–H groups in total. The second kappa shape index (κ2) is 9.09. The highest BCUT2D eigenvalue weighted by Gasteiger charge is 2.26. The molecule has 1 aliphatic carbocycles. The number of para-hydroxylation sites is 1. The number of pyridine rings is 2. The van der Waals surface area contributed by atoms with Crippen molar-refractivity contribution in [2.75, 3.05) is 5.32 Å². The number of amides is 1. The van der Waals surface area contributed by atoms with Gasteiger partial charge in [0.05, 0.1) is 40.0 Å². The Kier molecular flexibility index (Phi) is 5.39. The summed E-state index contributed by atoms with van der Waals surface area (Å²) in [7, 11) is 0. The molecule has 4 heterocycles. The zero-order valence-electron chi connectivity index (χ0n) is 20.5. The van der Waals surface area contributed by atoms with Gasteiger partial charge in [-0.15, -0.1) is 0 Å².